The molecule has 0 radical (unpaired) electrons. The Kier molecular flexibility index (Phi) is 6.45. The quantitative estimate of drug-likeness (QED) is 0.315. The molecule has 0 unspecified atom stereocenters. The van der Waals surface area contributed by atoms with Gasteiger partial charge in [0.2, 0.25) is 5.82 Å². The largest absolute Gasteiger partial charge is 0.497 e. The van der Waals surface area contributed by atoms with Crippen molar-refractivity contribution in [2.24, 2.45) is 0 Å². The third-order valence-corrected chi connectivity index (χ3v) is 4.84. The molecule has 160 valence electrons. The SMILES string of the molecule is COc1ccc(-c2noc(COc3ccc(Cl)c(Oc4cc(Cl)cc(C#N)c4)c3)n2)cc1. The molecule has 0 saturated carbocycles. The fraction of sp³-hybridized carbons (Fsp3) is 0.0870. The van der Waals surface area contributed by atoms with Crippen molar-refractivity contribution in [1.29, 1.82) is 5.26 Å². The van der Waals surface area contributed by atoms with Gasteiger partial charge in [0.25, 0.3) is 5.89 Å². The lowest BCUT2D eigenvalue weighted by Gasteiger charge is -2.10. The van der Waals surface area contributed by atoms with Crippen molar-refractivity contribution in [2.45, 2.75) is 6.61 Å². The summed E-state index contributed by atoms with van der Waals surface area (Å²) in [6.07, 6.45) is 0. The number of hydrogen-bond donors (Lipinski definition) is 0. The molecule has 4 aromatic rings. The van der Waals surface area contributed by atoms with Gasteiger partial charge in [0, 0.05) is 16.7 Å². The van der Waals surface area contributed by atoms with Gasteiger partial charge in [-0.2, -0.15) is 10.2 Å². The second-order valence-electron chi connectivity index (χ2n) is 6.51. The van der Waals surface area contributed by atoms with Gasteiger partial charge < -0.3 is 18.7 Å². The van der Waals surface area contributed by atoms with E-state index in [0.29, 0.717) is 44.6 Å². The highest BCUT2D eigenvalue weighted by Gasteiger charge is 2.12. The van der Waals surface area contributed by atoms with Crippen molar-refractivity contribution in [3.63, 3.8) is 0 Å². The van der Waals surface area contributed by atoms with Crippen LogP contribution < -0.4 is 14.2 Å². The van der Waals surface area contributed by atoms with Gasteiger partial charge in [-0.05, 0) is 54.6 Å². The van der Waals surface area contributed by atoms with Gasteiger partial charge in [-0.15, -0.1) is 0 Å². The summed E-state index contributed by atoms with van der Waals surface area (Å²) in [4.78, 5) is 4.34. The Hall–Kier alpha value is -3.73. The molecule has 0 aliphatic rings. The van der Waals surface area contributed by atoms with Gasteiger partial charge in [-0.3, -0.25) is 0 Å². The van der Waals surface area contributed by atoms with Crippen molar-refractivity contribution in [2.75, 3.05) is 7.11 Å². The summed E-state index contributed by atoms with van der Waals surface area (Å²) in [7, 11) is 1.60. The molecule has 7 nitrogen and oxygen atoms in total. The highest BCUT2D eigenvalue weighted by Crippen LogP contribution is 2.34. The zero-order valence-corrected chi connectivity index (χ0v) is 18.2. The van der Waals surface area contributed by atoms with Crippen LogP contribution in [0.1, 0.15) is 11.5 Å². The van der Waals surface area contributed by atoms with Crippen LogP contribution in [-0.4, -0.2) is 17.3 Å². The summed E-state index contributed by atoms with van der Waals surface area (Å²) in [6, 6.07) is 19.0. The number of methoxy groups -OCH3 is 1. The predicted molar refractivity (Wildman–Crippen MR) is 118 cm³/mol. The zero-order chi connectivity index (χ0) is 22.5. The van der Waals surface area contributed by atoms with Crippen molar-refractivity contribution in [1.82, 2.24) is 10.1 Å². The number of rotatable bonds is 7. The van der Waals surface area contributed by atoms with Gasteiger partial charge in [0.1, 0.15) is 23.0 Å². The van der Waals surface area contributed by atoms with Crippen LogP contribution in [0.5, 0.6) is 23.0 Å². The minimum Gasteiger partial charge on any atom is -0.497 e. The van der Waals surface area contributed by atoms with Crippen LogP contribution >= 0.6 is 23.2 Å². The Labute approximate surface area is 193 Å². The van der Waals surface area contributed by atoms with E-state index >= 15 is 0 Å². The number of aromatic nitrogens is 2. The molecule has 0 aliphatic carbocycles. The molecule has 1 heterocycles. The average Bonchev–Trinajstić information content (AvgIpc) is 3.28. The maximum Gasteiger partial charge on any atom is 0.264 e. The molecule has 0 bridgehead atoms. The van der Waals surface area contributed by atoms with E-state index in [1.807, 2.05) is 30.3 Å². The summed E-state index contributed by atoms with van der Waals surface area (Å²) in [5.74, 6) is 2.70. The first-order chi connectivity index (χ1) is 15.5. The molecular weight excluding hydrogens is 453 g/mol. The van der Waals surface area contributed by atoms with Crippen LogP contribution in [-0.2, 0) is 6.61 Å². The van der Waals surface area contributed by atoms with Crippen LogP contribution in [0.4, 0.5) is 0 Å². The Morgan fingerprint density at radius 1 is 0.969 bits per heavy atom. The van der Waals surface area contributed by atoms with E-state index < -0.39 is 0 Å². The highest BCUT2D eigenvalue weighted by atomic mass is 35.5. The van der Waals surface area contributed by atoms with Crippen LogP contribution in [0.25, 0.3) is 11.4 Å². The number of benzene rings is 3. The summed E-state index contributed by atoms with van der Waals surface area (Å²) in [6.45, 7) is 0.0555. The van der Waals surface area contributed by atoms with E-state index in [-0.39, 0.29) is 6.61 Å². The number of halogens is 2. The monoisotopic (exact) mass is 467 g/mol. The second kappa shape index (κ2) is 9.60. The third-order valence-electron chi connectivity index (χ3n) is 4.31. The number of nitrogens with zero attached hydrogens (tertiary/aromatic N) is 3. The van der Waals surface area contributed by atoms with Crippen LogP contribution in [0.3, 0.4) is 0 Å². The molecule has 0 N–H and O–H groups in total. The molecule has 0 atom stereocenters. The summed E-state index contributed by atoms with van der Waals surface area (Å²) in [5.41, 5.74) is 1.17. The molecule has 0 saturated heterocycles. The molecule has 1 aromatic heterocycles. The van der Waals surface area contributed by atoms with Gasteiger partial charge in [-0.1, -0.05) is 28.4 Å². The summed E-state index contributed by atoms with van der Waals surface area (Å²) >= 11 is 12.3. The molecule has 9 heteroatoms. The molecule has 0 amide bonds. The number of nitriles is 1. The minimum absolute atomic E-state index is 0.0555. The third kappa shape index (κ3) is 5.11. The van der Waals surface area contributed by atoms with E-state index in [0.717, 1.165) is 11.3 Å². The zero-order valence-electron chi connectivity index (χ0n) is 16.7. The Morgan fingerprint density at radius 2 is 1.75 bits per heavy atom. The first-order valence-electron chi connectivity index (χ1n) is 9.32. The molecule has 32 heavy (non-hydrogen) atoms. The maximum absolute atomic E-state index is 9.09. The van der Waals surface area contributed by atoms with Crippen molar-refractivity contribution < 1.29 is 18.7 Å². The Morgan fingerprint density at radius 3 is 2.50 bits per heavy atom. The lowest BCUT2D eigenvalue weighted by Crippen LogP contribution is -1.96. The standard InChI is InChI=1S/C23H15Cl2N3O4/c1-29-17-4-2-15(3-5-17)23-27-22(32-28-23)13-30-18-6-7-20(25)21(11-18)31-19-9-14(12-26)8-16(24)10-19/h2-11H,13H2,1H3. The van der Waals surface area contributed by atoms with Crippen molar-refractivity contribution in [3.8, 4) is 40.5 Å². The van der Waals surface area contributed by atoms with Gasteiger partial charge >= 0.3 is 0 Å². The molecule has 0 aliphatic heterocycles. The average molecular weight is 468 g/mol. The fourth-order valence-electron chi connectivity index (χ4n) is 2.78. The van der Waals surface area contributed by atoms with Gasteiger partial charge in [-0.25, -0.2) is 0 Å². The fourth-order valence-corrected chi connectivity index (χ4v) is 3.16. The summed E-state index contributed by atoms with van der Waals surface area (Å²) < 4.78 is 22.0. The van der Waals surface area contributed by atoms with E-state index in [4.69, 9.17) is 47.2 Å². The molecule has 0 spiro atoms. The van der Waals surface area contributed by atoms with E-state index in [9.17, 15) is 0 Å². The van der Waals surface area contributed by atoms with Crippen LogP contribution in [0.2, 0.25) is 10.0 Å². The van der Waals surface area contributed by atoms with E-state index in [1.54, 1.807) is 43.5 Å². The predicted octanol–water partition coefficient (Wildman–Crippen LogP) is 6.29. The second-order valence-corrected chi connectivity index (χ2v) is 7.35. The maximum atomic E-state index is 9.09. The molecule has 0 fully saturated rings. The Bertz CT molecular complexity index is 1280. The Balaban J connectivity index is 1.45. The highest BCUT2D eigenvalue weighted by molar-refractivity contribution is 6.32. The first kappa shape index (κ1) is 21.5. The van der Waals surface area contributed by atoms with Crippen LogP contribution in [0.15, 0.2) is 65.2 Å². The van der Waals surface area contributed by atoms with Crippen molar-refractivity contribution >= 4 is 23.2 Å². The van der Waals surface area contributed by atoms with Crippen LogP contribution in [0, 0.1) is 11.3 Å². The van der Waals surface area contributed by atoms with Gasteiger partial charge in [0.15, 0.2) is 6.61 Å². The molecular formula is C23H15Cl2N3O4. The summed E-state index contributed by atoms with van der Waals surface area (Å²) in [5, 5.41) is 13.8. The van der Waals surface area contributed by atoms with E-state index in [1.165, 1.54) is 0 Å². The topological polar surface area (TPSA) is 90.4 Å². The normalized spacial score (nSPS) is 10.4. The smallest absolute Gasteiger partial charge is 0.264 e. The lowest BCUT2D eigenvalue weighted by atomic mass is 10.2. The van der Waals surface area contributed by atoms with Crippen molar-refractivity contribution in [3.05, 3.63) is 82.2 Å². The molecule has 3 aromatic carbocycles. The molecule has 4 rings (SSSR count). The minimum atomic E-state index is 0.0555. The van der Waals surface area contributed by atoms with Gasteiger partial charge in [0.05, 0.1) is 23.8 Å². The number of ether oxygens (including phenoxy) is 3. The van der Waals surface area contributed by atoms with E-state index in [2.05, 4.69) is 10.1 Å². The lowest BCUT2D eigenvalue weighted by molar-refractivity contribution is 0.242. The number of hydrogen-bond acceptors (Lipinski definition) is 7. The first-order valence-corrected chi connectivity index (χ1v) is 10.1.